The number of anilines is 1. The molecule has 1 amide bonds. The van der Waals surface area contributed by atoms with Crippen LogP contribution in [0.1, 0.15) is 12.8 Å². The summed E-state index contributed by atoms with van der Waals surface area (Å²) in [4.78, 5) is 21.1. The molecule has 0 saturated carbocycles. The predicted octanol–water partition coefficient (Wildman–Crippen LogP) is 2.64. The first-order valence-electron chi connectivity index (χ1n) is 7.46. The van der Waals surface area contributed by atoms with Gasteiger partial charge in [0.1, 0.15) is 0 Å². The Bertz CT molecular complexity index is 499. The molecule has 2 saturated heterocycles. The number of piperidine rings is 1. The number of amides is 1. The van der Waals surface area contributed by atoms with Crippen LogP contribution in [0.2, 0.25) is 0 Å². The number of aromatic nitrogens is 1. The lowest BCUT2D eigenvalue weighted by Crippen LogP contribution is -2.45. The van der Waals surface area contributed by atoms with Gasteiger partial charge in [-0.15, -0.1) is 0 Å². The van der Waals surface area contributed by atoms with E-state index in [1.54, 1.807) is 0 Å². The van der Waals surface area contributed by atoms with Gasteiger partial charge >= 0.3 is 0 Å². The highest BCUT2D eigenvalue weighted by Crippen LogP contribution is 2.29. The molecule has 1 aromatic heterocycles. The van der Waals surface area contributed by atoms with E-state index in [1.807, 2.05) is 30.2 Å². The normalized spacial score (nSPS) is 20.6. The second-order valence-corrected chi connectivity index (χ2v) is 7.61. The lowest BCUT2D eigenvalue weighted by Gasteiger charge is -2.36. The van der Waals surface area contributed by atoms with Crippen molar-refractivity contribution < 1.29 is 4.79 Å². The standard InChI is InChI=1S/C15H20BrN3OS/c16-13-11-17-4-1-14(13)18-5-2-12(3-6-18)15(20)19-7-9-21-10-8-19/h1,4,11-12H,2-3,5-10H2. The molecule has 0 aliphatic carbocycles. The van der Waals surface area contributed by atoms with Crippen molar-refractivity contribution in [2.75, 3.05) is 42.6 Å². The van der Waals surface area contributed by atoms with Gasteiger partial charge in [0.05, 0.1) is 10.2 Å². The highest BCUT2D eigenvalue weighted by molar-refractivity contribution is 9.10. The van der Waals surface area contributed by atoms with Crippen molar-refractivity contribution in [3.8, 4) is 0 Å². The molecule has 114 valence electrons. The van der Waals surface area contributed by atoms with Crippen LogP contribution in [0.3, 0.4) is 0 Å². The lowest BCUT2D eigenvalue weighted by molar-refractivity contribution is -0.135. The van der Waals surface area contributed by atoms with E-state index in [-0.39, 0.29) is 5.92 Å². The molecular weight excluding hydrogens is 350 g/mol. The molecule has 0 aromatic carbocycles. The Morgan fingerprint density at radius 3 is 2.62 bits per heavy atom. The van der Waals surface area contributed by atoms with Crippen molar-refractivity contribution in [1.29, 1.82) is 0 Å². The first-order chi connectivity index (χ1) is 10.3. The van der Waals surface area contributed by atoms with Gasteiger partial charge in [-0.05, 0) is 34.8 Å². The molecule has 3 rings (SSSR count). The second-order valence-electron chi connectivity index (χ2n) is 5.53. The minimum atomic E-state index is 0.213. The van der Waals surface area contributed by atoms with E-state index in [2.05, 4.69) is 30.7 Å². The van der Waals surface area contributed by atoms with Crippen LogP contribution in [0.5, 0.6) is 0 Å². The fourth-order valence-corrected chi connectivity index (χ4v) is 4.44. The van der Waals surface area contributed by atoms with Crippen LogP contribution < -0.4 is 4.90 Å². The van der Waals surface area contributed by atoms with Crippen molar-refractivity contribution in [2.24, 2.45) is 5.92 Å². The van der Waals surface area contributed by atoms with Crippen molar-refractivity contribution in [3.63, 3.8) is 0 Å². The number of hydrogen-bond acceptors (Lipinski definition) is 4. The summed E-state index contributed by atoms with van der Waals surface area (Å²) in [6.07, 6.45) is 5.56. The average Bonchev–Trinajstić information content (AvgIpc) is 2.56. The molecular formula is C15H20BrN3OS. The predicted molar refractivity (Wildman–Crippen MR) is 90.8 cm³/mol. The molecule has 1 aromatic rings. The van der Waals surface area contributed by atoms with E-state index in [0.29, 0.717) is 5.91 Å². The smallest absolute Gasteiger partial charge is 0.225 e. The second kappa shape index (κ2) is 7.01. The molecule has 0 bridgehead atoms. The highest BCUT2D eigenvalue weighted by atomic mass is 79.9. The Balaban J connectivity index is 1.57. The summed E-state index contributed by atoms with van der Waals surface area (Å²) in [5, 5.41) is 0. The molecule has 4 nitrogen and oxygen atoms in total. The van der Waals surface area contributed by atoms with Crippen molar-refractivity contribution in [1.82, 2.24) is 9.88 Å². The third-order valence-electron chi connectivity index (χ3n) is 4.26. The number of carbonyl (C=O) groups excluding carboxylic acids is 1. The lowest BCUT2D eigenvalue weighted by atomic mass is 9.95. The van der Waals surface area contributed by atoms with Crippen LogP contribution in [0.4, 0.5) is 5.69 Å². The van der Waals surface area contributed by atoms with Crippen molar-refractivity contribution in [2.45, 2.75) is 12.8 Å². The summed E-state index contributed by atoms with van der Waals surface area (Å²) in [6.45, 7) is 3.75. The fraction of sp³-hybridized carbons (Fsp3) is 0.600. The van der Waals surface area contributed by atoms with Gasteiger partial charge < -0.3 is 9.80 Å². The molecule has 0 spiro atoms. The van der Waals surface area contributed by atoms with Gasteiger partial charge in [0.2, 0.25) is 5.91 Å². The molecule has 21 heavy (non-hydrogen) atoms. The largest absolute Gasteiger partial charge is 0.370 e. The van der Waals surface area contributed by atoms with Gasteiger partial charge in [0, 0.05) is 56.0 Å². The number of hydrogen-bond donors (Lipinski definition) is 0. The summed E-state index contributed by atoms with van der Waals surface area (Å²) < 4.78 is 1.03. The summed E-state index contributed by atoms with van der Waals surface area (Å²) in [5.74, 6) is 2.78. The Morgan fingerprint density at radius 1 is 1.24 bits per heavy atom. The molecule has 0 unspecified atom stereocenters. The SMILES string of the molecule is O=C(C1CCN(c2ccncc2Br)CC1)N1CCSCC1. The van der Waals surface area contributed by atoms with Gasteiger partial charge in [-0.2, -0.15) is 11.8 Å². The van der Waals surface area contributed by atoms with Crippen molar-refractivity contribution in [3.05, 3.63) is 22.9 Å². The molecule has 2 aliphatic rings. The number of rotatable bonds is 2. The molecule has 2 fully saturated rings. The Morgan fingerprint density at radius 2 is 1.95 bits per heavy atom. The van der Waals surface area contributed by atoms with E-state index in [0.717, 1.165) is 55.0 Å². The van der Waals surface area contributed by atoms with Crippen LogP contribution in [0.25, 0.3) is 0 Å². The Labute approximate surface area is 138 Å². The first-order valence-corrected chi connectivity index (χ1v) is 9.41. The Kier molecular flexibility index (Phi) is 5.06. The van der Waals surface area contributed by atoms with Gasteiger partial charge in [-0.3, -0.25) is 9.78 Å². The zero-order valence-electron chi connectivity index (χ0n) is 12.0. The maximum Gasteiger partial charge on any atom is 0.225 e. The topological polar surface area (TPSA) is 36.4 Å². The minimum Gasteiger partial charge on any atom is -0.370 e. The van der Waals surface area contributed by atoms with E-state index in [1.165, 1.54) is 5.69 Å². The van der Waals surface area contributed by atoms with Crippen LogP contribution in [-0.2, 0) is 4.79 Å². The Hall–Kier alpha value is -0.750. The zero-order valence-corrected chi connectivity index (χ0v) is 14.4. The van der Waals surface area contributed by atoms with Crippen LogP contribution in [0.15, 0.2) is 22.9 Å². The molecule has 0 N–H and O–H groups in total. The number of thioether (sulfide) groups is 1. The quantitative estimate of drug-likeness (QED) is 0.802. The van der Waals surface area contributed by atoms with Gasteiger partial charge in [-0.25, -0.2) is 0 Å². The summed E-state index contributed by atoms with van der Waals surface area (Å²) in [7, 11) is 0. The van der Waals surface area contributed by atoms with E-state index in [9.17, 15) is 4.79 Å². The van der Waals surface area contributed by atoms with Gasteiger partial charge in [0.15, 0.2) is 0 Å². The molecule has 0 radical (unpaired) electrons. The monoisotopic (exact) mass is 369 g/mol. The fourth-order valence-electron chi connectivity index (χ4n) is 3.03. The summed E-state index contributed by atoms with van der Waals surface area (Å²) >= 11 is 5.51. The third kappa shape index (κ3) is 3.54. The molecule has 0 atom stereocenters. The third-order valence-corrected chi connectivity index (χ3v) is 5.81. The van der Waals surface area contributed by atoms with Crippen LogP contribution in [-0.4, -0.2) is 53.5 Å². The molecule has 2 aliphatic heterocycles. The van der Waals surface area contributed by atoms with Gasteiger partial charge in [0.25, 0.3) is 0 Å². The summed E-state index contributed by atoms with van der Waals surface area (Å²) in [5.41, 5.74) is 1.19. The summed E-state index contributed by atoms with van der Waals surface area (Å²) in [6, 6.07) is 2.04. The molecule has 3 heterocycles. The van der Waals surface area contributed by atoms with Crippen LogP contribution >= 0.6 is 27.7 Å². The van der Waals surface area contributed by atoms with E-state index < -0.39 is 0 Å². The van der Waals surface area contributed by atoms with E-state index >= 15 is 0 Å². The highest BCUT2D eigenvalue weighted by Gasteiger charge is 2.29. The number of halogens is 1. The number of pyridine rings is 1. The van der Waals surface area contributed by atoms with Gasteiger partial charge in [-0.1, -0.05) is 0 Å². The maximum atomic E-state index is 12.5. The van der Waals surface area contributed by atoms with E-state index in [4.69, 9.17) is 0 Å². The number of carbonyl (C=O) groups is 1. The first kappa shape index (κ1) is 15.2. The minimum absolute atomic E-state index is 0.213. The van der Waals surface area contributed by atoms with Crippen LogP contribution in [0, 0.1) is 5.92 Å². The average molecular weight is 370 g/mol. The number of nitrogens with zero attached hydrogens (tertiary/aromatic N) is 3. The zero-order chi connectivity index (χ0) is 14.7. The van der Waals surface area contributed by atoms with Crippen molar-refractivity contribution >= 4 is 39.3 Å². The molecule has 6 heteroatoms. The maximum absolute atomic E-state index is 12.5.